The van der Waals surface area contributed by atoms with Crippen molar-refractivity contribution in [1.82, 2.24) is 9.88 Å². The largest absolute Gasteiger partial charge is 0.496 e. The van der Waals surface area contributed by atoms with Gasteiger partial charge in [-0.25, -0.2) is 0 Å². The molecule has 0 saturated heterocycles. The number of fused-ring (bicyclic) bond motifs is 1. The second-order valence-corrected chi connectivity index (χ2v) is 4.93. The minimum atomic E-state index is -4.38. The molecule has 0 atom stereocenters. The first-order valence-corrected chi connectivity index (χ1v) is 6.23. The number of hydrogen-bond donors (Lipinski definition) is 1. The SMILES string of the molecule is COc1ccc(C(F)(F)F)c2[nH]cc(CCN(C)C)c12. The van der Waals surface area contributed by atoms with Gasteiger partial charge in [-0.05, 0) is 38.2 Å². The smallest absolute Gasteiger partial charge is 0.418 e. The van der Waals surface area contributed by atoms with E-state index in [9.17, 15) is 13.2 Å². The molecular weight excluding hydrogens is 269 g/mol. The fourth-order valence-corrected chi connectivity index (χ4v) is 2.23. The van der Waals surface area contributed by atoms with Crippen LogP contribution < -0.4 is 4.74 Å². The summed E-state index contributed by atoms with van der Waals surface area (Å²) in [6, 6.07) is 2.42. The zero-order valence-electron chi connectivity index (χ0n) is 11.6. The number of hydrogen-bond acceptors (Lipinski definition) is 2. The van der Waals surface area contributed by atoms with E-state index in [1.54, 1.807) is 6.20 Å². The van der Waals surface area contributed by atoms with E-state index in [2.05, 4.69) is 4.98 Å². The van der Waals surface area contributed by atoms with Gasteiger partial charge >= 0.3 is 6.18 Å². The van der Waals surface area contributed by atoms with Crippen LogP contribution in [0.15, 0.2) is 18.3 Å². The molecule has 0 amide bonds. The van der Waals surface area contributed by atoms with E-state index in [1.165, 1.54) is 13.2 Å². The predicted molar refractivity (Wildman–Crippen MR) is 72.1 cm³/mol. The topological polar surface area (TPSA) is 28.3 Å². The maximum atomic E-state index is 13.0. The molecular formula is C14H17F3N2O. The quantitative estimate of drug-likeness (QED) is 0.934. The number of likely N-dealkylation sites (N-methyl/N-ethyl adjacent to an activating group) is 1. The molecule has 0 fully saturated rings. The van der Waals surface area contributed by atoms with Gasteiger partial charge in [-0.1, -0.05) is 0 Å². The van der Waals surface area contributed by atoms with Crippen molar-refractivity contribution < 1.29 is 17.9 Å². The Morgan fingerprint density at radius 3 is 2.50 bits per heavy atom. The van der Waals surface area contributed by atoms with Crippen LogP contribution in [0, 0.1) is 0 Å². The van der Waals surface area contributed by atoms with Crippen molar-refractivity contribution in [1.29, 1.82) is 0 Å². The number of alkyl halides is 3. The van der Waals surface area contributed by atoms with E-state index in [4.69, 9.17) is 4.74 Å². The summed E-state index contributed by atoms with van der Waals surface area (Å²) < 4.78 is 44.2. The van der Waals surface area contributed by atoms with Crippen LogP contribution in [0.5, 0.6) is 5.75 Å². The average molecular weight is 286 g/mol. The summed E-state index contributed by atoms with van der Waals surface area (Å²) in [6.07, 6.45) is -2.09. The highest BCUT2D eigenvalue weighted by atomic mass is 19.4. The van der Waals surface area contributed by atoms with Crippen molar-refractivity contribution in [3.8, 4) is 5.75 Å². The van der Waals surface area contributed by atoms with Crippen LogP contribution in [-0.2, 0) is 12.6 Å². The maximum absolute atomic E-state index is 13.0. The minimum absolute atomic E-state index is 0.0885. The number of halogens is 3. The van der Waals surface area contributed by atoms with Gasteiger partial charge in [0.05, 0.1) is 18.2 Å². The zero-order valence-corrected chi connectivity index (χ0v) is 11.6. The zero-order chi connectivity index (χ0) is 14.9. The highest BCUT2D eigenvalue weighted by molar-refractivity contribution is 5.92. The van der Waals surface area contributed by atoms with Crippen LogP contribution in [0.2, 0.25) is 0 Å². The van der Waals surface area contributed by atoms with Gasteiger partial charge in [-0.2, -0.15) is 13.2 Å². The standard InChI is InChI=1S/C14H17F3N2O/c1-19(2)7-6-9-8-18-13-10(14(15,16)17)4-5-11(20-3)12(9)13/h4-5,8,18H,6-7H2,1-3H3. The van der Waals surface area contributed by atoms with E-state index < -0.39 is 11.7 Å². The molecule has 0 spiro atoms. The third-order valence-electron chi connectivity index (χ3n) is 3.23. The molecule has 2 aromatic rings. The lowest BCUT2D eigenvalue weighted by atomic mass is 10.1. The Balaban J connectivity index is 2.57. The molecule has 0 aliphatic heterocycles. The van der Waals surface area contributed by atoms with Crippen LogP contribution in [0.25, 0.3) is 10.9 Å². The number of methoxy groups -OCH3 is 1. The molecule has 110 valence electrons. The first kappa shape index (κ1) is 14.7. The number of aromatic nitrogens is 1. The molecule has 0 bridgehead atoms. The lowest BCUT2D eigenvalue weighted by molar-refractivity contribution is -0.136. The highest BCUT2D eigenvalue weighted by Crippen LogP contribution is 2.39. The van der Waals surface area contributed by atoms with Crippen molar-refractivity contribution in [2.75, 3.05) is 27.7 Å². The molecule has 1 N–H and O–H groups in total. The van der Waals surface area contributed by atoms with Crippen LogP contribution in [0.1, 0.15) is 11.1 Å². The molecule has 2 rings (SSSR count). The summed E-state index contributed by atoms with van der Waals surface area (Å²) in [5, 5.41) is 0.518. The number of aromatic amines is 1. The van der Waals surface area contributed by atoms with Gasteiger partial charge < -0.3 is 14.6 Å². The molecule has 0 aliphatic rings. The van der Waals surface area contributed by atoms with Crippen molar-refractivity contribution in [2.45, 2.75) is 12.6 Å². The Bertz CT molecular complexity index is 602. The van der Waals surface area contributed by atoms with Crippen molar-refractivity contribution >= 4 is 10.9 Å². The molecule has 1 aromatic carbocycles. The number of ether oxygens (including phenoxy) is 1. The molecule has 0 saturated carbocycles. The third kappa shape index (κ3) is 2.75. The maximum Gasteiger partial charge on any atom is 0.418 e. The average Bonchev–Trinajstić information content (AvgIpc) is 2.77. The number of nitrogens with zero attached hydrogens (tertiary/aromatic N) is 1. The van der Waals surface area contributed by atoms with Gasteiger partial charge in [0.15, 0.2) is 0 Å². The van der Waals surface area contributed by atoms with Gasteiger partial charge in [0.2, 0.25) is 0 Å². The monoisotopic (exact) mass is 286 g/mol. The van der Waals surface area contributed by atoms with Crippen molar-refractivity contribution in [3.05, 3.63) is 29.5 Å². The molecule has 1 heterocycles. The Hall–Kier alpha value is -1.69. The summed E-state index contributed by atoms with van der Waals surface area (Å²) in [5.41, 5.74) is 0.256. The van der Waals surface area contributed by atoms with Crippen LogP contribution in [0.4, 0.5) is 13.2 Å². The minimum Gasteiger partial charge on any atom is -0.496 e. The lowest BCUT2D eigenvalue weighted by Gasteiger charge is -2.12. The fraction of sp³-hybridized carbons (Fsp3) is 0.429. The van der Waals surface area contributed by atoms with Crippen molar-refractivity contribution in [3.63, 3.8) is 0 Å². The number of nitrogens with one attached hydrogen (secondary N) is 1. The first-order chi connectivity index (χ1) is 9.34. The molecule has 0 unspecified atom stereocenters. The molecule has 20 heavy (non-hydrogen) atoms. The molecule has 0 aliphatic carbocycles. The van der Waals surface area contributed by atoms with Gasteiger partial charge in [0.25, 0.3) is 0 Å². The summed E-state index contributed by atoms with van der Waals surface area (Å²) in [7, 11) is 5.31. The molecule has 0 radical (unpaired) electrons. The Kier molecular flexibility index (Phi) is 3.94. The fourth-order valence-electron chi connectivity index (χ4n) is 2.23. The van der Waals surface area contributed by atoms with Gasteiger partial charge in [0, 0.05) is 18.1 Å². The summed E-state index contributed by atoms with van der Waals surface area (Å²) in [6.45, 7) is 0.756. The first-order valence-electron chi connectivity index (χ1n) is 6.23. The molecule has 3 nitrogen and oxygen atoms in total. The Morgan fingerprint density at radius 1 is 1.25 bits per heavy atom. The second-order valence-electron chi connectivity index (χ2n) is 4.93. The van der Waals surface area contributed by atoms with Crippen LogP contribution in [0.3, 0.4) is 0 Å². The number of rotatable bonds is 4. The summed E-state index contributed by atoms with van der Waals surface area (Å²) in [4.78, 5) is 4.73. The molecule has 1 aromatic heterocycles. The van der Waals surface area contributed by atoms with E-state index >= 15 is 0 Å². The normalized spacial score (nSPS) is 12.3. The van der Waals surface area contributed by atoms with Gasteiger partial charge in [-0.3, -0.25) is 0 Å². The lowest BCUT2D eigenvalue weighted by Crippen LogP contribution is -2.15. The third-order valence-corrected chi connectivity index (χ3v) is 3.23. The molecule has 6 heteroatoms. The second kappa shape index (κ2) is 5.36. The van der Waals surface area contributed by atoms with Crippen LogP contribution >= 0.6 is 0 Å². The van der Waals surface area contributed by atoms with E-state index in [0.29, 0.717) is 17.6 Å². The Morgan fingerprint density at radius 2 is 1.95 bits per heavy atom. The highest BCUT2D eigenvalue weighted by Gasteiger charge is 2.34. The number of benzene rings is 1. The van der Waals surface area contributed by atoms with Gasteiger partial charge in [-0.15, -0.1) is 0 Å². The predicted octanol–water partition coefficient (Wildman–Crippen LogP) is 3.30. The summed E-state index contributed by atoms with van der Waals surface area (Å²) in [5.74, 6) is 0.461. The summed E-state index contributed by atoms with van der Waals surface area (Å²) >= 11 is 0. The van der Waals surface area contributed by atoms with E-state index in [1.807, 2.05) is 19.0 Å². The Labute approximate surface area is 115 Å². The number of H-pyrrole nitrogens is 1. The van der Waals surface area contributed by atoms with Crippen LogP contribution in [-0.4, -0.2) is 37.6 Å². The van der Waals surface area contributed by atoms with Gasteiger partial charge in [0.1, 0.15) is 5.75 Å². The van der Waals surface area contributed by atoms with Crippen molar-refractivity contribution in [2.24, 2.45) is 0 Å². The van der Waals surface area contributed by atoms with E-state index in [0.717, 1.165) is 18.2 Å². The van der Waals surface area contributed by atoms with E-state index in [-0.39, 0.29) is 5.52 Å².